The molecule has 0 spiro atoms. The van der Waals surface area contributed by atoms with Crippen LogP contribution in [0.4, 0.5) is 0 Å². The first kappa shape index (κ1) is 31.6. The van der Waals surface area contributed by atoms with E-state index < -0.39 is 24.0 Å². The van der Waals surface area contributed by atoms with Gasteiger partial charge in [0.1, 0.15) is 11.6 Å². The van der Waals surface area contributed by atoms with Crippen LogP contribution in [0.5, 0.6) is 0 Å². The van der Waals surface area contributed by atoms with Crippen molar-refractivity contribution in [3.05, 3.63) is 12.2 Å². The van der Waals surface area contributed by atoms with E-state index in [-0.39, 0.29) is 48.9 Å². The number of nitrogens with one attached hydrogen (secondary N) is 1. The summed E-state index contributed by atoms with van der Waals surface area (Å²) < 4.78 is 0. The summed E-state index contributed by atoms with van der Waals surface area (Å²) in [5.74, 6) is 0.0479. The number of amides is 1. The zero-order valence-electron chi connectivity index (χ0n) is 23.2. The van der Waals surface area contributed by atoms with Crippen LogP contribution >= 0.6 is 0 Å². The van der Waals surface area contributed by atoms with Gasteiger partial charge in [-0.25, -0.2) is 0 Å². The number of aliphatic hydroxyl groups is 3. The van der Waals surface area contributed by atoms with Crippen molar-refractivity contribution in [2.75, 3.05) is 6.61 Å². The van der Waals surface area contributed by atoms with Gasteiger partial charge in [0.15, 0.2) is 0 Å². The quantitative estimate of drug-likeness (QED) is 0.169. The lowest BCUT2D eigenvalue weighted by atomic mass is 9.87. The normalized spacial score (nSPS) is 27.8. The fourth-order valence-corrected chi connectivity index (χ4v) is 6.07. The van der Waals surface area contributed by atoms with Crippen molar-refractivity contribution < 1.29 is 29.7 Å². The highest BCUT2D eigenvalue weighted by molar-refractivity contribution is 5.90. The van der Waals surface area contributed by atoms with Crippen molar-refractivity contribution in [2.45, 2.75) is 122 Å². The maximum atomic E-state index is 12.6. The molecule has 1 amide bonds. The van der Waals surface area contributed by atoms with Crippen LogP contribution in [0, 0.1) is 29.6 Å². The van der Waals surface area contributed by atoms with Gasteiger partial charge < -0.3 is 20.6 Å². The molecule has 2 rings (SSSR count). The maximum absolute atomic E-state index is 12.6. The fourth-order valence-electron chi connectivity index (χ4n) is 6.07. The van der Waals surface area contributed by atoms with Crippen molar-refractivity contribution in [3.63, 3.8) is 0 Å². The van der Waals surface area contributed by atoms with Gasteiger partial charge in [0.05, 0.1) is 24.9 Å². The van der Waals surface area contributed by atoms with E-state index >= 15 is 0 Å². The third-order valence-corrected chi connectivity index (χ3v) is 8.19. The second-order valence-electron chi connectivity index (χ2n) is 11.9. The molecule has 212 valence electrons. The molecule has 0 aromatic rings. The molecule has 0 heterocycles. The van der Waals surface area contributed by atoms with Crippen LogP contribution in [0.15, 0.2) is 12.2 Å². The minimum atomic E-state index is -0.816. The number of unbranched alkanes of at least 4 members (excludes halogenated alkanes) is 2. The topological polar surface area (TPSA) is 124 Å². The molecule has 0 radical (unpaired) electrons. The van der Waals surface area contributed by atoms with Gasteiger partial charge in [-0.2, -0.15) is 0 Å². The Balaban J connectivity index is 1.76. The highest BCUT2D eigenvalue weighted by Crippen LogP contribution is 2.38. The standard InChI is InChI=1S/C30H51NO6/c1-4-5-8-21-11-12-22(16-21)27(34)14-13-25-26(29(36)18-28(25)35)17-24(33)9-6-7-10-30(37)31-23(19-32)15-20(2)3/h13-14,20-23,25-28,32,34-35H,4-12,15-19H2,1-3H3,(H,31,37)/t21-,22-,23-,25+,26+,27-,28+/m0/s1. The smallest absolute Gasteiger partial charge is 0.220 e. The second kappa shape index (κ2) is 16.4. The fraction of sp³-hybridized carbons (Fsp3) is 0.833. The average molecular weight is 522 g/mol. The first-order valence-corrected chi connectivity index (χ1v) is 14.6. The summed E-state index contributed by atoms with van der Waals surface area (Å²) in [7, 11) is 0. The molecule has 2 aliphatic rings. The third-order valence-electron chi connectivity index (χ3n) is 8.19. The largest absolute Gasteiger partial charge is 0.394 e. The molecule has 7 heteroatoms. The van der Waals surface area contributed by atoms with Crippen molar-refractivity contribution in [1.82, 2.24) is 5.32 Å². The maximum Gasteiger partial charge on any atom is 0.220 e. The molecule has 0 bridgehead atoms. The van der Waals surface area contributed by atoms with Gasteiger partial charge in [0.2, 0.25) is 5.91 Å². The van der Waals surface area contributed by atoms with E-state index in [9.17, 15) is 29.7 Å². The first-order chi connectivity index (χ1) is 17.6. The summed E-state index contributed by atoms with van der Waals surface area (Å²) in [5, 5.41) is 33.4. The van der Waals surface area contributed by atoms with Gasteiger partial charge in [0, 0.05) is 37.5 Å². The van der Waals surface area contributed by atoms with Gasteiger partial charge in [-0.1, -0.05) is 58.6 Å². The van der Waals surface area contributed by atoms with Crippen molar-refractivity contribution in [1.29, 1.82) is 0 Å². The summed E-state index contributed by atoms with van der Waals surface area (Å²) in [6.07, 6.45) is 11.5. The van der Waals surface area contributed by atoms with E-state index in [2.05, 4.69) is 12.2 Å². The number of Topliss-reactive ketones (excluding diaryl/α,β-unsaturated/α-hetero) is 2. The monoisotopic (exact) mass is 521 g/mol. The molecule has 2 aliphatic carbocycles. The van der Waals surface area contributed by atoms with E-state index in [1.165, 1.54) is 19.3 Å². The molecule has 0 aliphatic heterocycles. The molecule has 2 saturated carbocycles. The molecule has 2 fully saturated rings. The SMILES string of the molecule is CCCC[C@H]1CC[C@H]([C@@H](O)C=C[C@H]2[C@H](O)CC(=O)[C@@H]2CC(=O)CCCCC(=O)N[C@H](CO)CC(C)C)C1. The number of carbonyl (C=O) groups is 3. The minimum Gasteiger partial charge on any atom is -0.394 e. The lowest BCUT2D eigenvalue weighted by Gasteiger charge is -2.19. The summed E-state index contributed by atoms with van der Waals surface area (Å²) in [6.45, 7) is 6.18. The van der Waals surface area contributed by atoms with Gasteiger partial charge in [0.25, 0.3) is 0 Å². The molecule has 0 unspecified atom stereocenters. The Morgan fingerprint density at radius 1 is 1.14 bits per heavy atom. The van der Waals surface area contributed by atoms with Crippen LogP contribution in [0.1, 0.15) is 104 Å². The predicted octanol–water partition coefficient (Wildman–Crippen LogP) is 4.12. The van der Waals surface area contributed by atoms with E-state index in [4.69, 9.17) is 0 Å². The van der Waals surface area contributed by atoms with Gasteiger partial charge in [-0.3, -0.25) is 14.4 Å². The molecular formula is C30H51NO6. The zero-order valence-corrected chi connectivity index (χ0v) is 23.2. The average Bonchev–Trinajstić information content (AvgIpc) is 3.42. The summed E-state index contributed by atoms with van der Waals surface area (Å²) in [5.41, 5.74) is 0. The number of carbonyl (C=O) groups excluding carboxylic acids is 3. The Bertz CT molecular complexity index is 750. The minimum absolute atomic E-state index is 0.0330. The van der Waals surface area contributed by atoms with Crippen LogP contribution in [0.25, 0.3) is 0 Å². The Morgan fingerprint density at radius 3 is 2.54 bits per heavy atom. The number of rotatable bonds is 17. The number of hydrogen-bond acceptors (Lipinski definition) is 6. The van der Waals surface area contributed by atoms with Gasteiger partial charge in [-0.15, -0.1) is 0 Å². The Kier molecular flexibility index (Phi) is 14.0. The third kappa shape index (κ3) is 11.0. The number of hydrogen-bond donors (Lipinski definition) is 4. The Morgan fingerprint density at radius 2 is 1.86 bits per heavy atom. The Labute approximate surface area is 223 Å². The van der Waals surface area contributed by atoms with Gasteiger partial charge >= 0.3 is 0 Å². The molecule has 7 atom stereocenters. The van der Waals surface area contributed by atoms with Crippen LogP contribution in [-0.4, -0.2) is 57.6 Å². The molecule has 0 aromatic carbocycles. The molecule has 0 saturated heterocycles. The summed E-state index contributed by atoms with van der Waals surface area (Å²) >= 11 is 0. The lowest BCUT2D eigenvalue weighted by molar-refractivity contribution is -0.127. The number of aliphatic hydroxyl groups excluding tert-OH is 3. The van der Waals surface area contributed by atoms with Crippen LogP contribution < -0.4 is 5.32 Å². The lowest BCUT2D eigenvalue weighted by Crippen LogP contribution is -2.38. The molecule has 4 N–H and O–H groups in total. The predicted molar refractivity (Wildman–Crippen MR) is 145 cm³/mol. The second-order valence-corrected chi connectivity index (χ2v) is 11.9. The van der Waals surface area contributed by atoms with Crippen LogP contribution in [0.3, 0.4) is 0 Å². The van der Waals surface area contributed by atoms with E-state index in [0.29, 0.717) is 37.5 Å². The van der Waals surface area contributed by atoms with E-state index in [0.717, 1.165) is 25.7 Å². The van der Waals surface area contributed by atoms with Crippen molar-refractivity contribution in [3.8, 4) is 0 Å². The van der Waals surface area contributed by atoms with E-state index in [1.54, 1.807) is 12.2 Å². The number of ketones is 2. The highest BCUT2D eigenvalue weighted by atomic mass is 16.3. The van der Waals surface area contributed by atoms with Crippen LogP contribution in [0.2, 0.25) is 0 Å². The molecule has 0 aromatic heterocycles. The van der Waals surface area contributed by atoms with Crippen LogP contribution in [-0.2, 0) is 14.4 Å². The molecule has 37 heavy (non-hydrogen) atoms. The van der Waals surface area contributed by atoms with Crippen molar-refractivity contribution >= 4 is 17.5 Å². The zero-order chi connectivity index (χ0) is 27.4. The Hall–Kier alpha value is -1.57. The van der Waals surface area contributed by atoms with Gasteiger partial charge in [-0.05, 0) is 49.9 Å². The first-order valence-electron chi connectivity index (χ1n) is 14.6. The summed E-state index contributed by atoms with van der Waals surface area (Å²) in [6, 6.07) is -0.242. The molecule has 7 nitrogen and oxygen atoms in total. The van der Waals surface area contributed by atoms with Crippen molar-refractivity contribution in [2.24, 2.45) is 29.6 Å². The highest BCUT2D eigenvalue weighted by Gasteiger charge is 2.41. The van der Waals surface area contributed by atoms with E-state index in [1.807, 2.05) is 13.8 Å². The summed E-state index contributed by atoms with van der Waals surface area (Å²) in [4.78, 5) is 37.3. The molecular weight excluding hydrogens is 470 g/mol.